The van der Waals surface area contributed by atoms with Gasteiger partial charge in [0.25, 0.3) is 5.91 Å². The normalized spacial score (nSPS) is 12.6. The standard InChI is InChI=1S/C21H23NO6S/c1-13(15-10-9-14(26-2)11-19(15)27-3)22-21(23)20-17(12-29(4,24)25)16-7-5-6-8-18(16)28-20/h5-11,13H,12H2,1-4H3,(H,22,23). The molecule has 0 aliphatic rings. The molecule has 0 bridgehead atoms. The first-order chi connectivity index (χ1) is 13.7. The van der Waals surface area contributed by atoms with E-state index in [1.807, 2.05) is 0 Å². The molecule has 3 aromatic rings. The van der Waals surface area contributed by atoms with Crippen LogP contribution in [0.5, 0.6) is 11.5 Å². The van der Waals surface area contributed by atoms with E-state index in [-0.39, 0.29) is 11.5 Å². The summed E-state index contributed by atoms with van der Waals surface area (Å²) in [6, 6.07) is 11.9. The number of hydrogen-bond acceptors (Lipinski definition) is 6. The summed E-state index contributed by atoms with van der Waals surface area (Å²) in [4.78, 5) is 13.0. The highest BCUT2D eigenvalue weighted by molar-refractivity contribution is 7.89. The van der Waals surface area contributed by atoms with Crippen molar-refractivity contribution in [1.82, 2.24) is 5.32 Å². The van der Waals surface area contributed by atoms with E-state index in [0.29, 0.717) is 28.0 Å². The third kappa shape index (κ3) is 4.54. The summed E-state index contributed by atoms with van der Waals surface area (Å²) < 4.78 is 40.1. The Kier molecular flexibility index (Phi) is 5.83. The van der Waals surface area contributed by atoms with Crippen molar-refractivity contribution in [2.24, 2.45) is 0 Å². The van der Waals surface area contributed by atoms with E-state index < -0.39 is 21.8 Å². The number of nitrogens with one attached hydrogen (secondary N) is 1. The zero-order chi connectivity index (χ0) is 21.2. The van der Waals surface area contributed by atoms with Crippen LogP contribution in [-0.4, -0.2) is 34.8 Å². The predicted molar refractivity (Wildman–Crippen MR) is 110 cm³/mol. The maximum atomic E-state index is 13.0. The van der Waals surface area contributed by atoms with Crippen LogP contribution in [0.2, 0.25) is 0 Å². The highest BCUT2D eigenvalue weighted by Gasteiger charge is 2.25. The van der Waals surface area contributed by atoms with Crippen LogP contribution in [0.25, 0.3) is 11.0 Å². The Morgan fingerprint density at radius 3 is 2.52 bits per heavy atom. The quantitative estimate of drug-likeness (QED) is 0.632. The summed E-state index contributed by atoms with van der Waals surface area (Å²) in [6.45, 7) is 1.81. The van der Waals surface area contributed by atoms with Crippen LogP contribution in [0, 0.1) is 0 Å². The molecule has 1 amide bonds. The molecule has 0 spiro atoms. The van der Waals surface area contributed by atoms with Crippen LogP contribution in [-0.2, 0) is 15.6 Å². The van der Waals surface area contributed by atoms with E-state index in [1.54, 1.807) is 56.5 Å². The molecule has 29 heavy (non-hydrogen) atoms. The monoisotopic (exact) mass is 417 g/mol. The van der Waals surface area contributed by atoms with Crippen LogP contribution >= 0.6 is 0 Å². The van der Waals surface area contributed by atoms with Crippen molar-refractivity contribution >= 4 is 26.7 Å². The highest BCUT2D eigenvalue weighted by Crippen LogP contribution is 2.31. The molecule has 3 rings (SSSR count). The zero-order valence-electron chi connectivity index (χ0n) is 16.7. The number of carbonyl (C=O) groups excluding carboxylic acids is 1. The van der Waals surface area contributed by atoms with Crippen molar-refractivity contribution in [1.29, 1.82) is 0 Å². The molecule has 1 N–H and O–H groups in total. The van der Waals surface area contributed by atoms with Crippen LogP contribution in [0.3, 0.4) is 0 Å². The number of benzene rings is 2. The Bertz CT molecular complexity index is 1150. The Balaban J connectivity index is 1.95. The van der Waals surface area contributed by atoms with Gasteiger partial charge in [0.2, 0.25) is 0 Å². The number of amides is 1. The van der Waals surface area contributed by atoms with E-state index >= 15 is 0 Å². The average molecular weight is 417 g/mol. The van der Waals surface area contributed by atoms with Gasteiger partial charge in [-0.15, -0.1) is 0 Å². The van der Waals surface area contributed by atoms with Gasteiger partial charge in [-0.1, -0.05) is 18.2 Å². The maximum absolute atomic E-state index is 13.0. The SMILES string of the molecule is COc1ccc(C(C)NC(=O)c2oc3ccccc3c2CS(C)(=O)=O)c(OC)c1. The fourth-order valence-corrected chi connectivity index (χ4v) is 4.01. The van der Waals surface area contributed by atoms with Gasteiger partial charge in [-0.3, -0.25) is 4.79 Å². The van der Waals surface area contributed by atoms with Crippen molar-refractivity contribution in [2.45, 2.75) is 18.7 Å². The molecule has 0 fully saturated rings. The number of hydrogen-bond donors (Lipinski definition) is 1. The molecule has 0 aliphatic carbocycles. The van der Waals surface area contributed by atoms with E-state index in [9.17, 15) is 13.2 Å². The number of para-hydroxylation sites is 1. The van der Waals surface area contributed by atoms with Gasteiger partial charge in [0, 0.05) is 28.8 Å². The number of furan rings is 1. The zero-order valence-corrected chi connectivity index (χ0v) is 17.5. The minimum absolute atomic E-state index is 0.00375. The first-order valence-corrected chi connectivity index (χ1v) is 11.0. The second-order valence-electron chi connectivity index (χ2n) is 6.78. The molecule has 1 atom stereocenters. The molecule has 0 saturated carbocycles. The molecule has 8 heteroatoms. The van der Waals surface area contributed by atoms with Crippen molar-refractivity contribution < 1.29 is 27.1 Å². The van der Waals surface area contributed by atoms with E-state index in [0.717, 1.165) is 11.8 Å². The average Bonchev–Trinajstić information content (AvgIpc) is 3.04. The number of rotatable bonds is 7. The van der Waals surface area contributed by atoms with Gasteiger partial charge in [-0.05, 0) is 25.1 Å². The van der Waals surface area contributed by atoms with Gasteiger partial charge >= 0.3 is 0 Å². The fraction of sp³-hybridized carbons (Fsp3) is 0.286. The fourth-order valence-electron chi connectivity index (χ4n) is 3.20. The molecule has 154 valence electrons. The topological polar surface area (TPSA) is 94.8 Å². The Morgan fingerprint density at radius 2 is 1.86 bits per heavy atom. The van der Waals surface area contributed by atoms with Gasteiger partial charge in [-0.2, -0.15) is 0 Å². The highest BCUT2D eigenvalue weighted by atomic mass is 32.2. The number of methoxy groups -OCH3 is 2. The lowest BCUT2D eigenvalue weighted by Gasteiger charge is -2.18. The van der Waals surface area contributed by atoms with Crippen LogP contribution in [0.15, 0.2) is 46.9 Å². The van der Waals surface area contributed by atoms with Crippen LogP contribution < -0.4 is 14.8 Å². The third-order valence-corrected chi connectivity index (χ3v) is 5.38. The summed E-state index contributed by atoms with van der Waals surface area (Å²) in [6.07, 6.45) is 1.13. The van der Waals surface area contributed by atoms with Crippen LogP contribution in [0.1, 0.15) is 34.6 Å². The number of fused-ring (bicyclic) bond motifs is 1. The summed E-state index contributed by atoms with van der Waals surface area (Å²) in [5, 5.41) is 3.47. The smallest absolute Gasteiger partial charge is 0.287 e. The Morgan fingerprint density at radius 1 is 1.14 bits per heavy atom. The van der Waals surface area contributed by atoms with Gasteiger partial charge in [0.1, 0.15) is 17.1 Å². The lowest BCUT2D eigenvalue weighted by molar-refractivity contribution is 0.0912. The van der Waals surface area contributed by atoms with Gasteiger partial charge in [0.05, 0.1) is 26.0 Å². The summed E-state index contributed by atoms with van der Waals surface area (Å²) in [5.41, 5.74) is 1.57. The van der Waals surface area contributed by atoms with Gasteiger partial charge in [0.15, 0.2) is 15.6 Å². The Hall–Kier alpha value is -3.00. The second-order valence-corrected chi connectivity index (χ2v) is 8.92. The molecule has 7 nitrogen and oxygen atoms in total. The molecule has 1 unspecified atom stereocenters. The molecule has 0 radical (unpaired) electrons. The van der Waals surface area contributed by atoms with Crippen LogP contribution in [0.4, 0.5) is 0 Å². The number of sulfone groups is 1. The first-order valence-electron chi connectivity index (χ1n) is 8.94. The molecule has 1 heterocycles. The summed E-state index contributed by atoms with van der Waals surface area (Å²) in [5.74, 6) is 0.420. The van der Waals surface area contributed by atoms with E-state index in [4.69, 9.17) is 13.9 Å². The van der Waals surface area contributed by atoms with Crippen molar-refractivity contribution in [3.8, 4) is 11.5 Å². The number of carbonyl (C=O) groups is 1. The molecule has 2 aromatic carbocycles. The predicted octanol–water partition coefficient (Wildman–Crippen LogP) is 3.49. The lowest BCUT2D eigenvalue weighted by Crippen LogP contribution is -2.27. The molecule has 1 aromatic heterocycles. The molecule has 0 aliphatic heterocycles. The molecular weight excluding hydrogens is 394 g/mol. The van der Waals surface area contributed by atoms with Gasteiger partial charge < -0.3 is 19.2 Å². The van der Waals surface area contributed by atoms with Crippen molar-refractivity contribution in [2.75, 3.05) is 20.5 Å². The maximum Gasteiger partial charge on any atom is 0.287 e. The van der Waals surface area contributed by atoms with Crippen molar-refractivity contribution in [3.05, 3.63) is 59.4 Å². The molecular formula is C21H23NO6S. The van der Waals surface area contributed by atoms with E-state index in [2.05, 4.69) is 5.32 Å². The Labute approximate surface area is 169 Å². The minimum atomic E-state index is -3.37. The summed E-state index contributed by atoms with van der Waals surface area (Å²) in [7, 11) is -0.269. The lowest BCUT2D eigenvalue weighted by atomic mass is 10.1. The van der Waals surface area contributed by atoms with Gasteiger partial charge in [-0.25, -0.2) is 8.42 Å². The molecule has 0 saturated heterocycles. The first kappa shape index (κ1) is 20.7. The summed E-state index contributed by atoms with van der Waals surface area (Å²) >= 11 is 0. The largest absolute Gasteiger partial charge is 0.497 e. The van der Waals surface area contributed by atoms with E-state index in [1.165, 1.54) is 7.11 Å². The van der Waals surface area contributed by atoms with Crippen molar-refractivity contribution in [3.63, 3.8) is 0 Å². The minimum Gasteiger partial charge on any atom is -0.497 e. The number of ether oxygens (including phenoxy) is 2. The second kappa shape index (κ2) is 8.16. The third-order valence-electron chi connectivity index (χ3n) is 4.57.